The fraction of sp³-hybridized carbons (Fsp3) is 0.500. The molecule has 4 heteroatoms. The Kier molecular flexibility index (Phi) is 3.87. The Labute approximate surface area is 108 Å². The standard InChI is InChI=1S/C14H21N3O/c1-11-3-5-12(6-4-11)9-17-10-13(7-15)8-16(2)14(17)18/h3-6,13H,7-10,15H2,1-2H3. The summed E-state index contributed by atoms with van der Waals surface area (Å²) in [6, 6.07) is 8.41. The molecular formula is C14H21N3O. The lowest BCUT2D eigenvalue weighted by atomic mass is 10.1. The Bertz CT molecular complexity index is 416. The number of amides is 2. The van der Waals surface area contributed by atoms with Crippen LogP contribution in [0.2, 0.25) is 0 Å². The molecule has 0 saturated carbocycles. The van der Waals surface area contributed by atoms with Crippen LogP contribution in [0.3, 0.4) is 0 Å². The van der Waals surface area contributed by atoms with Crippen LogP contribution in [0.15, 0.2) is 24.3 Å². The van der Waals surface area contributed by atoms with E-state index < -0.39 is 0 Å². The molecule has 4 nitrogen and oxygen atoms in total. The van der Waals surface area contributed by atoms with Crippen molar-refractivity contribution in [2.75, 3.05) is 26.7 Å². The Balaban J connectivity index is 2.06. The molecule has 2 N–H and O–H groups in total. The second-order valence-corrected chi connectivity index (χ2v) is 5.13. The second kappa shape index (κ2) is 5.40. The molecule has 1 heterocycles. The summed E-state index contributed by atoms with van der Waals surface area (Å²) < 4.78 is 0. The van der Waals surface area contributed by atoms with Crippen LogP contribution in [0.25, 0.3) is 0 Å². The van der Waals surface area contributed by atoms with E-state index in [4.69, 9.17) is 5.73 Å². The Morgan fingerprint density at radius 1 is 1.28 bits per heavy atom. The van der Waals surface area contributed by atoms with E-state index in [1.807, 2.05) is 11.9 Å². The van der Waals surface area contributed by atoms with E-state index in [-0.39, 0.29) is 6.03 Å². The third-order valence-corrected chi connectivity index (χ3v) is 3.44. The number of benzene rings is 1. The van der Waals surface area contributed by atoms with Crippen LogP contribution in [0.4, 0.5) is 4.79 Å². The van der Waals surface area contributed by atoms with Crippen molar-refractivity contribution in [3.63, 3.8) is 0 Å². The van der Waals surface area contributed by atoms with Gasteiger partial charge in [-0.25, -0.2) is 4.79 Å². The fourth-order valence-electron chi connectivity index (χ4n) is 2.35. The van der Waals surface area contributed by atoms with Crippen molar-refractivity contribution in [1.82, 2.24) is 9.80 Å². The highest BCUT2D eigenvalue weighted by atomic mass is 16.2. The third kappa shape index (κ3) is 2.82. The fourth-order valence-corrected chi connectivity index (χ4v) is 2.35. The molecule has 1 atom stereocenters. The minimum Gasteiger partial charge on any atom is -0.330 e. The summed E-state index contributed by atoms with van der Waals surface area (Å²) in [7, 11) is 1.84. The molecule has 0 spiro atoms. The van der Waals surface area contributed by atoms with Gasteiger partial charge in [0.25, 0.3) is 0 Å². The summed E-state index contributed by atoms with van der Waals surface area (Å²) in [5.41, 5.74) is 8.13. The molecule has 1 unspecified atom stereocenters. The molecule has 0 aliphatic carbocycles. The van der Waals surface area contributed by atoms with Gasteiger partial charge in [0.15, 0.2) is 0 Å². The zero-order valence-electron chi connectivity index (χ0n) is 11.1. The highest BCUT2D eigenvalue weighted by Crippen LogP contribution is 2.16. The molecule has 0 bridgehead atoms. The van der Waals surface area contributed by atoms with Crippen molar-refractivity contribution in [3.05, 3.63) is 35.4 Å². The van der Waals surface area contributed by atoms with E-state index in [1.165, 1.54) is 11.1 Å². The molecule has 18 heavy (non-hydrogen) atoms. The minimum absolute atomic E-state index is 0.0975. The lowest BCUT2D eigenvalue weighted by molar-refractivity contribution is 0.114. The van der Waals surface area contributed by atoms with Gasteiger partial charge >= 0.3 is 6.03 Å². The van der Waals surface area contributed by atoms with Gasteiger partial charge in [-0.05, 0) is 19.0 Å². The van der Waals surface area contributed by atoms with Gasteiger partial charge in [0, 0.05) is 32.6 Å². The lowest BCUT2D eigenvalue weighted by Gasteiger charge is -2.38. The van der Waals surface area contributed by atoms with E-state index in [0.29, 0.717) is 19.0 Å². The predicted octanol–water partition coefficient (Wildman–Crippen LogP) is 1.44. The first kappa shape index (κ1) is 12.9. The zero-order chi connectivity index (χ0) is 13.1. The van der Waals surface area contributed by atoms with Crippen LogP contribution in [-0.2, 0) is 6.54 Å². The van der Waals surface area contributed by atoms with Gasteiger partial charge < -0.3 is 15.5 Å². The van der Waals surface area contributed by atoms with Crippen molar-refractivity contribution < 1.29 is 4.79 Å². The predicted molar refractivity (Wildman–Crippen MR) is 72.2 cm³/mol. The number of rotatable bonds is 3. The van der Waals surface area contributed by atoms with E-state index in [2.05, 4.69) is 31.2 Å². The maximum absolute atomic E-state index is 12.1. The van der Waals surface area contributed by atoms with Crippen LogP contribution < -0.4 is 5.73 Å². The Morgan fingerprint density at radius 3 is 2.56 bits per heavy atom. The Morgan fingerprint density at radius 2 is 1.94 bits per heavy atom. The van der Waals surface area contributed by atoms with Gasteiger partial charge in [-0.1, -0.05) is 29.8 Å². The molecule has 1 aromatic rings. The van der Waals surface area contributed by atoms with Gasteiger partial charge in [-0.2, -0.15) is 0 Å². The first-order valence-corrected chi connectivity index (χ1v) is 6.36. The van der Waals surface area contributed by atoms with Crippen molar-refractivity contribution in [2.24, 2.45) is 11.7 Å². The van der Waals surface area contributed by atoms with Crippen LogP contribution >= 0.6 is 0 Å². The normalized spacial score (nSPS) is 20.4. The van der Waals surface area contributed by atoms with Crippen LogP contribution in [-0.4, -0.2) is 42.5 Å². The van der Waals surface area contributed by atoms with Crippen LogP contribution in [0.5, 0.6) is 0 Å². The van der Waals surface area contributed by atoms with Gasteiger partial charge in [0.05, 0.1) is 0 Å². The third-order valence-electron chi connectivity index (χ3n) is 3.44. The molecule has 1 aromatic carbocycles. The molecule has 1 saturated heterocycles. The van der Waals surface area contributed by atoms with Crippen molar-refractivity contribution in [1.29, 1.82) is 0 Å². The number of nitrogens with zero attached hydrogens (tertiary/aromatic N) is 2. The average molecular weight is 247 g/mol. The second-order valence-electron chi connectivity index (χ2n) is 5.13. The number of carbonyl (C=O) groups excluding carboxylic acids is 1. The minimum atomic E-state index is 0.0975. The summed E-state index contributed by atoms with van der Waals surface area (Å²) in [5.74, 6) is 0.373. The van der Waals surface area contributed by atoms with E-state index in [1.54, 1.807) is 4.90 Å². The molecule has 98 valence electrons. The number of hydrogen-bond acceptors (Lipinski definition) is 2. The van der Waals surface area contributed by atoms with Gasteiger partial charge in [-0.3, -0.25) is 0 Å². The molecule has 2 amide bonds. The molecule has 0 radical (unpaired) electrons. The van der Waals surface area contributed by atoms with Crippen LogP contribution in [0, 0.1) is 12.8 Å². The summed E-state index contributed by atoms with van der Waals surface area (Å²) in [6.07, 6.45) is 0. The summed E-state index contributed by atoms with van der Waals surface area (Å²) in [4.78, 5) is 15.7. The van der Waals surface area contributed by atoms with Gasteiger partial charge in [0.1, 0.15) is 0 Å². The van der Waals surface area contributed by atoms with Gasteiger partial charge in [-0.15, -0.1) is 0 Å². The first-order valence-electron chi connectivity index (χ1n) is 6.36. The smallest absolute Gasteiger partial charge is 0.320 e. The largest absolute Gasteiger partial charge is 0.330 e. The molecular weight excluding hydrogens is 226 g/mol. The summed E-state index contributed by atoms with van der Waals surface area (Å²) in [6.45, 7) is 4.88. The number of nitrogens with two attached hydrogens (primary N) is 1. The zero-order valence-corrected chi connectivity index (χ0v) is 11.1. The quantitative estimate of drug-likeness (QED) is 0.878. The van der Waals surface area contributed by atoms with Gasteiger partial charge in [0.2, 0.25) is 0 Å². The first-order chi connectivity index (χ1) is 8.60. The molecule has 1 aliphatic rings. The maximum Gasteiger partial charge on any atom is 0.320 e. The SMILES string of the molecule is Cc1ccc(CN2CC(CN)CN(C)C2=O)cc1. The number of carbonyl (C=O) groups is 1. The average Bonchev–Trinajstić information content (AvgIpc) is 2.37. The molecule has 1 aliphatic heterocycles. The van der Waals surface area contributed by atoms with Crippen molar-refractivity contribution in [2.45, 2.75) is 13.5 Å². The Hall–Kier alpha value is -1.55. The molecule has 2 rings (SSSR count). The van der Waals surface area contributed by atoms with E-state index >= 15 is 0 Å². The van der Waals surface area contributed by atoms with Crippen molar-refractivity contribution >= 4 is 6.03 Å². The monoisotopic (exact) mass is 247 g/mol. The topological polar surface area (TPSA) is 49.6 Å². The summed E-state index contributed by atoms with van der Waals surface area (Å²) in [5, 5.41) is 0. The molecule has 0 aromatic heterocycles. The lowest BCUT2D eigenvalue weighted by Crippen LogP contribution is -2.52. The number of hydrogen-bond donors (Lipinski definition) is 1. The van der Waals surface area contributed by atoms with Crippen LogP contribution in [0.1, 0.15) is 11.1 Å². The summed E-state index contributed by atoms with van der Waals surface area (Å²) >= 11 is 0. The van der Waals surface area contributed by atoms with E-state index in [9.17, 15) is 4.79 Å². The number of urea groups is 1. The van der Waals surface area contributed by atoms with E-state index in [0.717, 1.165) is 13.1 Å². The molecule has 1 fully saturated rings. The maximum atomic E-state index is 12.1. The highest BCUT2D eigenvalue weighted by molar-refractivity contribution is 5.75. The number of aryl methyl sites for hydroxylation is 1. The highest BCUT2D eigenvalue weighted by Gasteiger charge is 2.28. The van der Waals surface area contributed by atoms with Crippen molar-refractivity contribution in [3.8, 4) is 0 Å².